The zero-order chi connectivity index (χ0) is 16.2. The summed E-state index contributed by atoms with van der Waals surface area (Å²) in [7, 11) is 1.64. The normalized spacial score (nSPS) is 15.4. The van der Waals surface area contributed by atoms with Crippen LogP contribution in [0, 0.1) is 6.92 Å². The minimum Gasteiger partial charge on any atom is -0.497 e. The maximum atomic E-state index is 12.6. The molecule has 0 saturated heterocycles. The van der Waals surface area contributed by atoms with Gasteiger partial charge in [-0.1, -0.05) is 19.3 Å². The molecule has 1 fully saturated rings. The minimum atomic E-state index is -0.0479. The van der Waals surface area contributed by atoms with Crippen LogP contribution in [0.2, 0.25) is 0 Å². The Morgan fingerprint density at radius 1 is 1.22 bits per heavy atom. The van der Waals surface area contributed by atoms with Crippen molar-refractivity contribution < 1.29 is 9.53 Å². The fraction of sp³-hybridized carbons (Fsp3) is 0.444. The molecule has 1 N–H and O–H groups in total. The topological polar surface area (TPSA) is 56.2 Å². The van der Waals surface area contributed by atoms with Crippen LogP contribution in [0.25, 0.3) is 5.69 Å². The highest BCUT2D eigenvalue weighted by Crippen LogP contribution is 2.20. The van der Waals surface area contributed by atoms with Gasteiger partial charge in [0.1, 0.15) is 11.4 Å². The number of carbonyl (C=O) groups excluding carboxylic acids is 1. The molecule has 122 valence electrons. The van der Waals surface area contributed by atoms with Gasteiger partial charge in [0.25, 0.3) is 5.91 Å². The highest BCUT2D eigenvalue weighted by Gasteiger charge is 2.20. The number of aryl methyl sites for hydroxylation is 1. The molecule has 1 amide bonds. The predicted octanol–water partition coefficient (Wildman–Crippen LogP) is 3.25. The van der Waals surface area contributed by atoms with Crippen LogP contribution in [-0.4, -0.2) is 28.8 Å². The van der Waals surface area contributed by atoms with Crippen molar-refractivity contribution in [3.63, 3.8) is 0 Å². The van der Waals surface area contributed by atoms with E-state index in [-0.39, 0.29) is 11.9 Å². The highest BCUT2D eigenvalue weighted by molar-refractivity contribution is 5.93. The summed E-state index contributed by atoms with van der Waals surface area (Å²) in [5.41, 5.74) is 2.26. The number of hydrogen-bond acceptors (Lipinski definition) is 3. The summed E-state index contributed by atoms with van der Waals surface area (Å²) in [5, 5.41) is 7.62. The maximum absolute atomic E-state index is 12.6. The lowest BCUT2D eigenvalue weighted by Crippen LogP contribution is -2.37. The van der Waals surface area contributed by atoms with Crippen molar-refractivity contribution >= 4 is 5.91 Å². The van der Waals surface area contributed by atoms with E-state index in [9.17, 15) is 4.79 Å². The van der Waals surface area contributed by atoms with Crippen LogP contribution in [0.5, 0.6) is 5.75 Å². The van der Waals surface area contributed by atoms with Gasteiger partial charge in [0.05, 0.1) is 18.5 Å². The molecule has 1 aromatic carbocycles. The molecule has 5 heteroatoms. The van der Waals surface area contributed by atoms with Crippen LogP contribution >= 0.6 is 0 Å². The Morgan fingerprint density at radius 2 is 1.91 bits per heavy atom. The second-order valence-electron chi connectivity index (χ2n) is 6.09. The Hall–Kier alpha value is -2.30. The van der Waals surface area contributed by atoms with Gasteiger partial charge in [0, 0.05) is 6.04 Å². The molecule has 23 heavy (non-hydrogen) atoms. The Morgan fingerprint density at radius 3 is 2.57 bits per heavy atom. The molecule has 3 rings (SSSR count). The Labute approximate surface area is 136 Å². The summed E-state index contributed by atoms with van der Waals surface area (Å²) in [6.45, 7) is 1.90. The van der Waals surface area contributed by atoms with E-state index in [1.54, 1.807) is 11.8 Å². The molecule has 0 atom stereocenters. The fourth-order valence-corrected chi connectivity index (χ4v) is 3.09. The summed E-state index contributed by atoms with van der Waals surface area (Å²) < 4.78 is 6.88. The Bertz CT molecular complexity index is 670. The van der Waals surface area contributed by atoms with Crippen LogP contribution in [0.15, 0.2) is 30.3 Å². The average molecular weight is 313 g/mol. The predicted molar refractivity (Wildman–Crippen MR) is 89.2 cm³/mol. The van der Waals surface area contributed by atoms with Crippen LogP contribution in [0.3, 0.4) is 0 Å². The van der Waals surface area contributed by atoms with Gasteiger partial charge in [0.2, 0.25) is 0 Å². The molecule has 1 aromatic heterocycles. The van der Waals surface area contributed by atoms with E-state index in [4.69, 9.17) is 4.74 Å². The minimum absolute atomic E-state index is 0.0479. The Kier molecular flexibility index (Phi) is 4.65. The second kappa shape index (κ2) is 6.86. The quantitative estimate of drug-likeness (QED) is 0.942. The lowest BCUT2D eigenvalue weighted by Gasteiger charge is -2.22. The van der Waals surface area contributed by atoms with Gasteiger partial charge in [-0.15, -0.1) is 0 Å². The van der Waals surface area contributed by atoms with Gasteiger partial charge >= 0.3 is 0 Å². The van der Waals surface area contributed by atoms with E-state index in [0.717, 1.165) is 30.0 Å². The molecule has 1 aliphatic rings. The number of rotatable bonds is 4. The molecular weight excluding hydrogens is 290 g/mol. The Balaban J connectivity index is 1.82. The van der Waals surface area contributed by atoms with Crippen molar-refractivity contribution in [3.05, 3.63) is 41.7 Å². The van der Waals surface area contributed by atoms with Crippen molar-refractivity contribution in [3.8, 4) is 11.4 Å². The third kappa shape index (κ3) is 3.55. The largest absolute Gasteiger partial charge is 0.497 e. The number of ether oxygens (including phenoxy) is 1. The second-order valence-corrected chi connectivity index (χ2v) is 6.09. The van der Waals surface area contributed by atoms with E-state index >= 15 is 0 Å². The van der Waals surface area contributed by atoms with Gasteiger partial charge < -0.3 is 10.1 Å². The molecule has 1 saturated carbocycles. The molecule has 5 nitrogen and oxygen atoms in total. The van der Waals surface area contributed by atoms with E-state index in [0.29, 0.717) is 5.69 Å². The van der Waals surface area contributed by atoms with Gasteiger partial charge in [-0.2, -0.15) is 5.10 Å². The van der Waals surface area contributed by atoms with Gasteiger partial charge in [0.15, 0.2) is 0 Å². The number of hydrogen-bond donors (Lipinski definition) is 1. The fourth-order valence-electron chi connectivity index (χ4n) is 3.09. The molecule has 0 radical (unpaired) electrons. The third-order valence-corrected chi connectivity index (χ3v) is 4.32. The van der Waals surface area contributed by atoms with Gasteiger partial charge in [-0.25, -0.2) is 4.68 Å². The zero-order valence-electron chi connectivity index (χ0n) is 13.7. The average Bonchev–Trinajstić information content (AvgIpc) is 2.98. The summed E-state index contributed by atoms with van der Waals surface area (Å²) >= 11 is 0. The standard InChI is InChI=1S/C18H23N3O2/c1-13-12-17(18(22)19-14-6-4-3-5-7-14)21(20-13)15-8-10-16(23-2)11-9-15/h8-12,14H,3-7H2,1-2H3,(H,19,22). The summed E-state index contributed by atoms with van der Waals surface area (Å²) in [5.74, 6) is 0.735. The first kappa shape index (κ1) is 15.6. The first-order chi connectivity index (χ1) is 11.2. The number of methoxy groups -OCH3 is 1. The SMILES string of the molecule is COc1ccc(-n2nc(C)cc2C(=O)NC2CCCCC2)cc1. The summed E-state index contributed by atoms with van der Waals surface area (Å²) in [6, 6.07) is 9.67. The molecular formula is C18H23N3O2. The summed E-state index contributed by atoms with van der Waals surface area (Å²) in [6.07, 6.45) is 5.81. The van der Waals surface area contributed by atoms with E-state index in [1.807, 2.05) is 37.3 Å². The molecule has 0 aliphatic heterocycles. The van der Waals surface area contributed by atoms with E-state index in [2.05, 4.69) is 10.4 Å². The molecule has 1 aliphatic carbocycles. The van der Waals surface area contributed by atoms with E-state index in [1.165, 1.54) is 19.3 Å². The smallest absolute Gasteiger partial charge is 0.270 e. The third-order valence-electron chi connectivity index (χ3n) is 4.32. The lowest BCUT2D eigenvalue weighted by molar-refractivity contribution is 0.0920. The van der Waals surface area contributed by atoms with E-state index < -0.39 is 0 Å². The maximum Gasteiger partial charge on any atom is 0.270 e. The molecule has 0 unspecified atom stereocenters. The first-order valence-electron chi connectivity index (χ1n) is 8.19. The highest BCUT2D eigenvalue weighted by atomic mass is 16.5. The zero-order valence-corrected chi connectivity index (χ0v) is 13.7. The monoisotopic (exact) mass is 313 g/mol. The van der Waals surface area contributed by atoms with Crippen molar-refractivity contribution in [1.29, 1.82) is 0 Å². The number of benzene rings is 1. The number of nitrogens with zero attached hydrogens (tertiary/aromatic N) is 2. The first-order valence-corrected chi connectivity index (χ1v) is 8.19. The molecule has 0 spiro atoms. The van der Waals surface area contributed by atoms with Gasteiger partial charge in [-0.3, -0.25) is 4.79 Å². The van der Waals surface area contributed by atoms with Crippen LogP contribution in [0.1, 0.15) is 48.3 Å². The number of nitrogens with one attached hydrogen (secondary N) is 1. The van der Waals surface area contributed by atoms with Crippen LogP contribution in [-0.2, 0) is 0 Å². The molecule has 0 bridgehead atoms. The molecule has 2 aromatic rings. The molecule has 1 heterocycles. The lowest BCUT2D eigenvalue weighted by atomic mass is 9.95. The number of carbonyl (C=O) groups is 1. The van der Waals surface area contributed by atoms with Crippen molar-refractivity contribution in [2.24, 2.45) is 0 Å². The van der Waals surface area contributed by atoms with Crippen molar-refractivity contribution in [2.75, 3.05) is 7.11 Å². The van der Waals surface area contributed by atoms with Crippen molar-refractivity contribution in [2.45, 2.75) is 45.1 Å². The van der Waals surface area contributed by atoms with Crippen molar-refractivity contribution in [1.82, 2.24) is 15.1 Å². The van der Waals surface area contributed by atoms with Crippen LogP contribution < -0.4 is 10.1 Å². The number of aromatic nitrogens is 2. The summed E-state index contributed by atoms with van der Waals surface area (Å²) in [4.78, 5) is 12.6. The van der Waals surface area contributed by atoms with Gasteiger partial charge in [-0.05, 0) is 50.1 Å². The van der Waals surface area contributed by atoms with Crippen LogP contribution in [0.4, 0.5) is 0 Å². The number of amides is 1.